The molecule has 1 saturated carbocycles. The van der Waals surface area contributed by atoms with Crippen LogP contribution in [-0.2, 0) is 0 Å². The third-order valence-corrected chi connectivity index (χ3v) is 2.63. The summed E-state index contributed by atoms with van der Waals surface area (Å²) in [7, 11) is 0. The molecule has 68 valence electrons. The summed E-state index contributed by atoms with van der Waals surface area (Å²) in [6, 6.07) is 0.471. The van der Waals surface area contributed by atoms with E-state index in [0.29, 0.717) is 6.04 Å². The first-order valence-corrected chi connectivity index (χ1v) is 4.97. The molecule has 0 radical (unpaired) electrons. The van der Waals surface area contributed by atoms with Crippen molar-refractivity contribution in [2.45, 2.75) is 53.0 Å². The minimum Gasteiger partial charge on any atom is -0.327 e. The number of hydrogen-bond acceptors (Lipinski definition) is 1. The van der Waals surface area contributed by atoms with E-state index in [4.69, 9.17) is 5.73 Å². The quantitative estimate of drug-likeness (QED) is 0.575. The van der Waals surface area contributed by atoms with Crippen LogP contribution in [0.2, 0.25) is 0 Å². The molecular weight excluding hydrogens is 134 g/mol. The molecule has 0 spiro atoms. The summed E-state index contributed by atoms with van der Waals surface area (Å²) < 4.78 is 0. The topological polar surface area (TPSA) is 26.0 Å². The van der Waals surface area contributed by atoms with Crippen LogP contribution in [0.15, 0.2) is 0 Å². The highest BCUT2D eigenvalue weighted by Gasteiger charge is 2.23. The molecule has 1 fully saturated rings. The van der Waals surface area contributed by atoms with Crippen LogP contribution in [0.25, 0.3) is 0 Å². The van der Waals surface area contributed by atoms with Gasteiger partial charge in [-0.15, -0.1) is 0 Å². The second kappa shape index (κ2) is 5.59. The van der Waals surface area contributed by atoms with Crippen molar-refractivity contribution in [3.63, 3.8) is 0 Å². The van der Waals surface area contributed by atoms with Gasteiger partial charge in [0.1, 0.15) is 0 Å². The third kappa shape index (κ3) is 3.24. The van der Waals surface area contributed by atoms with Crippen molar-refractivity contribution in [1.29, 1.82) is 0 Å². The van der Waals surface area contributed by atoms with Crippen LogP contribution in [0.4, 0.5) is 0 Å². The van der Waals surface area contributed by atoms with Gasteiger partial charge in [0.05, 0.1) is 0 Å². The largest absolute Gasteiger partial charge is 0.327 e. The number of nitrogens with two attached hydrogens (primary N) is 1. The van der Waals surface area contributed by atoms with E-state index in [-0.39, 0.29) is 0 Å². The summed E-state index contributed by atoms with van der Waals surface area (Å²) in [5.74, 6) is 1.52. The second-order valence-corrected chi connectivity index (χ2v) is 3.46. The monoisotopic (exact) mass is 157 g/mol. The summed E-state index contributed by atoms with van der Waals surface area (Å²) >= 11 is 0. The van der Waals surface area contributed by atoms with Gasteiger partial charge in [-0.25, -0.2) is 0 Å². The standard InChI is InChI=1S/C8H17N.C2H6/c1-6-4-3-5-7(2)8(6)9;1-2/h6-8H,3-5,9H2,1-2H3;1-2H3. The van der Waals surface area contributed by atoms with Crippen LogP contribution in [0.1, 0.15) is 47.0 Å². The van der Waals surface area contributed by atoms with Crippen molar-refractivity contribution in [2.75, 3.05) is 0 Å². The first-order valence-electron chi connectivity index (χ1n) is 4.97. The predicted molar refractivity (Wildman–Crippen MR) is 51.5 cm³/mol. The lowest BCUT2D eigenvalue weighted by atomic mass is 9.79. The first-order chi connectivity index (χ1) is 5.22. The van der Waals surface area contributed by atoms with Gasteiger partial charge in [0.2, 0.25) is 0 Å². The lowest BCUT2D eigenvalue weighted by molar-refractivity contribution is 0.251. The van der Waals surface area contributed by atoms with Crippen molar-refractivity contribution in [2.24, 2.45) is 17.6 Å². The maximum Gasteiger partial charge on any atom is 0.00903 e. The Labute approximate surface area is 71.4 Å². The molecule has 1 aliphatic rings. The maximum atomic E-state index is 5.92. The van der Waals surface area contributed by atoms with Crippen molar-refractivity contribution in [3.05, 3.63) is 0 Å². The third-order valence-electron chi connectivity index (χ3n) is 2.63. The highest BCUT2D eigenvalue weighted by molar-refractivity contribution is 4.79. The summed E-state index contributed by atoms with van der Waals surface area (Å²) in [4.78, 5) is 0. The summed E-state index contributed by atoms with van der Waals surface area (Å²) in [5.41, 5.74) is 5.92. The molecule has 0 amide bonds. The van der Waals surface area contributed by atoms with Gasteiger partial charge in [-0.3, -0.25) is 0 Å². The summed E-state index contributed by atoms with van der Waals surface area (Å²) in [6.45, 7) is 8.53. The van der Waals surface area contributed by atoms with Gasteiger partial charge >= 0.3 is 0 Å². The Bertz CT molecular complexity index is 80.9. The average Bonchev–Trinajstić information content (AvgIpc) is 2.04. The molecule has 2 atom stereocenters. The minimum absolute atomic E-state index is 0.471. The van der Waals surface area contributed by atoms with E-state index in [0.717, 1.165) is 11.8 Å². The van der Waals surface area contributed by atoms with Crippen LogP contribution < -0.4 is 5.73 Å². The Hall–Kier alpha value is -0.0400. The van der Waals surface area contributed by atoms with E-state index < -0.39 is 0 Å². The maximum absolute atomic E-state index is 5.92. The fourth-order valence-corrected chi connectivity index (χ4v) is 1.71. The molecule has 0 aromatic heterocycles. The van der Waals surface area contributed by atoms with Gasteiger partial charge in [-0.1, -0.05) is 34.1 Å². The Morgan fingerprint density at radius 2 is 1.36 bits per heavy atom. The molecule has 1 heteroatoms. The number of rotatable bonds is 0. The van der Waals surface area contributed by atoms with Crippen LogP contribution in [-0.4, -0.2) is 6.04 Å². The fraction of sp³-hybridized carbons (Fsp3) is 1.00. The molecule has 1 rings (SSSR count). The molecular formula is C10H23N. The molecule has 2 unspecified atom stereocenters. The zero-order valence-corrected chi connectivity index (χ0v) is 8.43. The van der Waals surface area contributed by atoms with Crippen LogP contribution >= 0.6 is 0 Å². The summed E-state index contributed by atoms with van der Waals surface area (Å²) in [5, 5.41) is 0. The fourth-order valence-electron chi connectivity index (χ4n) is 1.71. The molecule has 1 nitrogen and oxygen atoms in total. The van der Waals surface area contributed by atoms with E-state index >= 15 is 0 Å². The molecule has 0 aliphatic heterocycles. The van der Waals surface area contributed by atoms with Crippen LogP contribution in [0.5, 0.6) is 0 Å². The van der Waals surface area contributed by atoms with Crippen LogP contribution in [0.3, 0.4) is 0 Å². The van der Waals surface area contributed by atoms with Crippen molar-refractivity contribution >= 4 is 0 Å². The summed E-state index contributed by atoms with van der Waals surface area (Å²) in [6.07, 6.45) is 4.06. The Kier molecular flexibility index (Phi) is 5.57. The second-order valence-electron chi connectivity index (χ2n) is 3.46. The lowest BCUT2D eigenvalue weighted by Gasteiger charge is -2.31. The minimum atomic E-state index is 0.471. The van der Waals surface area contributed by atoms with Crippen LogP contribution in [0, 0.1) is 11.8 Å². The Balaban J connectivity index is 0.000000461. The molecule has 11 heavy (non-hydrogen) atoms. The zero-order valence-electron chi connectivity index (χ0n) is 8.43. The molecule has 0 bridgehead atoms. The Morgan fingerprint density at radius 1 is 1.00 bits per heavy atom. The highest BCUT2D eigenvalue weighted by atomic mass is 14.7. The van der Waals surface area contributed by atoms with Gasteiger partial charge in [-0.05, 0) is 24.7 Å². The van der Waals surface area contributed by atoms with Gasteiger partial charge < -0.3 is 5.73 Å². The molecule has 2 N–H and O–H groups in total. The molecule has 0 saturated heterocycles. The van der Waals surface area contributed by atoms with Gasteiger partial charge in [0.25, 0.3) is 0 Å². The predicted octanol–water partition coefficient (Wildman–Crippen LogP) is 2.80. The van der Waals surface area contributed by atoms with Crippen molar-refractivity contribution in [1.82, 2.24) is 0 Å². The van der Waals surface area contributed by atoms with Gasteiger partial charge in [0.15, 0.2) is 0 Å². The first kappa shape index (κ1) is 11.0. The van der Waals surface area contributed by atoms with E-state index in [1.807, 2.05) is 13.8 Å². The molecule has 0 aromatic rings. The van der Waals surface area contributed by atoms with Gasteiger partial charge in [0, 0.05) is 6.04 Å². The Morgan fingerprint density at radius 3 is 1.64 bits per heavy atom. The average molecular weight is 157 g/mol. The smallest absolute Gasteiger partial charge is 0.00903 e. The normalized spacial score (nSPS) is 37.4. The van der Waals surface area contributed by atoms with Gasteiger partial charge in [-0.2, -0.15) is 0 Å². The van der Waals surface area contributed by atoms with Crippen molar-refractivity contribution < 1.29 is 0 Å². The highest BCUT2D eigenvalue weighted by Crippen LogP contribution is 2.26. The lowest BCUT2D eigenvalue weighted by Crippen LogP contribution is -2.37. The van der Waals surface area contributed by atoms with E-state index in [2.05, 4.69) is 13.8 Å². The van der Waals surface area contributed by atoms with E-state index in [9.17, 15) is 0 Å². The zero-order chi connectivity index (χ0) is 8.85. The van der Waals surface area contributed by atoms with Crippen molar-refractivity contribution in [3.8, 4) is 0 Å². The number of hydrogen-bond donors (Lipinski definition) is 1. The SMILES string of the molecule is CC.CC1CCCC(C)C1N. The molecule has 0 aromatic carbocycles. The van der Waals surface area contributed by atoms with E-state index in [1.165, 1.54) is 19.3 Å². The van der Waals surface area contributed by atoms with E-state index in [1.54, 1.807) is 0 Å². The molecule has 0 heterocycles. The molecule has 1 aliphatic carbocycles.